The lowest BCUT2D eigenvalue weighted by molar-refractivity contribution is -0.149. The van der Waals surface area contributed by atoms with Gasteiger partial charge in [0.2, 0.25) is 11.8 Å². The molecule has 0 fully saturated rings. The van der Waals surface area contributed by atoms with E-state index >= 15 is 0 Å². The maximum Gasteiger partial charge on any atom is 0.408 e. The summed E-state index contributed by atoms with van der Waals surface area (Å²) in [5.74, 6) is -0.646. The predicted octanol–water partition coefficient (Wildman–Crippen LogP) is 5.59. The summed E-state index contributed by atoms with van der Waals surface area (Å²) in [6.07, 6.45) is -0.0788. The Morgan fingerprint density at radius 1 is 0.973 bits per heavy atom. The third-order valence-corrected chi connectivity index (χ3v) is 6.39. The van der Waals surface area contributed by atoms with Crippen molar-refractivity contribution in [2.24, 2.45) is 0 Å². The lowest BCUT2D eigenvalue weighted by atomic mass is 9.90. The Labute approximate surface area is 222 Å². The van der Waals surface area contributed by atoms with E-state index in [9.17, 15) is 14.4 Å². The number of nitrogens with one attached hydrogen (secondary N) is 2. The van der Waals surface area contributed by atoms with Gasteiger partial charge in [0, 0.05) is 12.1 Å². The first-order chi connectivity index (χ1) is 17.2. The van der Waals surface area contributed by atoms with Crippen molar-refractivity contribution in [1.82, 2.24) is 15.5 Å². The van der Waals surface area contributed by atoms with Crippen LogP contribution < -0.4 is 10.6 Å². The Kier molecular flexibility index (Phi) is 9.90. The van der Waals surface area contributed by atoms with Crippen molar-refractivity contribution in [3.8, 4) is 0 Å². The molecule has 0 aliphatic carbocycles. The molecule has 2 atom stereocenters. The first kappa shape index (κ1) is 29.9. The van der Waals surface area contributed by atoms with Crippen molar-refractivity contribution in [2.75, 3.05) is 0 Å². The molecule has 0 aliphatic rings. The highest BCUT2D eigenvalue weighted by Crippen LogP contribution is 2.34. The third-order valence-electron chi connectivity index (χ3n) is 6.39. The number of rotatable bonds is 9. The molecule has 2 aromatic carbocycles. The van der Waals surface area contributed by atoms with E-state index in [1.807, 2.05) is 83.1 Å². The zero-order valence-electron chi connectivity index (χ0n) is 23.8. The Hall–Kier alpha value is -3.35. The number of aryl methyl sites for hydroxylation is 2. The Bertz CT molecular complexity index is 1090. The van der Waals surface area contributed by atoms with Crippen molar-refractivity contribution >= 4 is 17.9 Å². The maximum atomic E-state index is 14.0. The molecule has 202 valence electrons. The van der Waals surface area contributed by atoms with Gasteiger partial charge in [0.05, 0.1) is 0 Å². The summed E-state index contributed by atoms with van der Waals surface area (Å²) in [7, 11) is 0. The molecule has 0 aliphatic heterocycles. The number of amides is 3. The van der Waals surface area contributed by atoms with E-state index in [4.69, 9.17) is 4.74 Å². The van der Waals surface area contributed by atoms with Crippen LogP contribution in [0.15, 0.2) is 48.5 Å². The van der Waals surface area contributed by atoms with Crippen LogP contribution in [0.3, 0.4) is 0 Å². The minimum atomic E-state index is -0.907. The highest BCUT2D eigenvalue weighted by Gasteiger charge is 2.42. The second kappa shape index (κ2) is 12.3. The number of nitrogens with zero attached hydrogens (tertiary/aromatic N) is 1. The summed E-state index contributed by atoms with van der Waals surface area (Å²) in [6, 6.07) is 13.7. The topological polar surface area (TPSA) is 87.7 Å². The van der Waals surface area contributed by atoms with E-state index in [-0.39, 0.29) is 11.8 Å². The predicted molar refractivity (Wildman–Crippen MR) is 147 cm³/mol. The molecule has 0 radical (unpaired) electrons. The number of benzene rings is 2. The van der Waals surface area contributed by atoms with Crippen LogP contribution in [0.5, 0.6) is 0 Å². The number of hydrogen-bond donors (Lipinski definition) is 2. The smallest absolute Gasteiger partial charge is 0.408 e. The lowest BCUT2D eigenvalue weighted by Crippen LogP contribution is -2.58. The van der Waals surface area contributed by atoms with Gasteiger partial charge in [0.25, 0.3) is 0 Å². The summed E-state index contributed by atoms with van der Waals surface area (Å²) < 4.78 is 5.36. The summed E-state index contributed by atoms with van der Waals surface area (Å²) in [5.41, 5.74) is 2.30. The van der Waals surface area contributed by atoms with Crippen molar-refractivity contribution in [2.45, 2.75) is 98.5 Å². The molecule has 2 aromatic rings. The van der Waals surface area contributed by atoms with Crippen molar-refractivity contribution < 1.29 is 19.1 Å². The van der Waals surface area contributed by atoms with Crippen molar-refractivity contribution in [1.29, 1.82) is 0 Å². The fraction of sp³-hybridized carbons (Fsp3) is 0.500. The molecule has 0 bridgehead atoms. The van der Waals surface area contributed by atoms with Crippen LogP contribution in [0.25, 0.3) is 0 Å². The molecule has 37 heavy (non-hydrogen) atoms. The van der Waals surface area contributed by atoms with E-state index in [0.29, 0.717) is 13.0 Å². The number of carbonyl (C=O) groups is 3. The number of hydrogen-bond acceptors (Lipinski definition) is 4. The average molecular weight is 510 g/mol. The van der Waals surface area contributed by atoms with Crippen LogP contribution in [-0.4, -0.2) is 40.0 Å². The highest BCUT2D eigenvalue weighted by molar-refractivity contribution is 5.92. The standard InChI is InChI=1S/C30H43N3O4/c1-10-30(8,9)33(27(35)22(4)32-28(36)37-29(5,6)7)25(24-17-16-20(2)18-21(24)3)26(34)31-19-23-14-12-11-13-15-23/h11-18,22,25H,10,19H2,1-9H3,(H,31,34)(H,32,36). The first-order valence-corrected chi connectivity index (χ1v) is 12.9. The van der Waals surface area contributed by atoms with Gasteiger partial charge in [-0.3, -0.25) is 9.59 Å². The third kappa shape index (κ3) is 8.34. The van der Waals surface area contributed by atoms with Gasteiger partial charge in [0.1, 0.15) is 17.7 Å². The Morgan fingerprint density at radius 3 is 2.14 bits per heavy atom. The number of ether oxygens (including phenoxy) is 1. The van der Waals surface area contributed by atoms with Gasteiger partial charge in [-0.1, -0.05) is 61.0 Å². The summed E-state index contributed by atoms with van der Waals surface area (Å²) in [4.78, 5) is 42.0. The average Bonchev–Trinajstić information content (AvgIpc) is 2.80. The normalized spacial score (nSPS) is 13.3. The first-order valence-electron chi connectivity index (χ1n) is 12.9. The van der Waals surface area contributed by atoms with Crippen LogP contribution in [0.4, 0.5) is 4.79 Å². The van der Waals surface area contributed by atoms with E-state index in [0.717, 1.165) is 22.3 Å². The molecule has 0 heterocycles. The largest absolute Gasteiger partial charge is 0.444 e. The van der Waals surface area contributed by atoms with Crippen molar-refractivity contribution in [3.63, 3.8) is 0 Å². The molecule has 2 N–H and O–H groups in total. The fourth-order valence-electron chi connectivity index (χ4n) is 4.11. The molecule has 7 heteroatoms. The van der Waals surface area contributed by atoms with Crippen molar-refractivity contribution in [3.05, 3.63) is 70.8 Å². The van der Waals surface area contributed by atoms with E-state index in [1.54, 1.807) is 32.6 Å². The van der Waals surface area contributed by atoms with Crippen LogP contribution in [-0.2, 0) is 20.9 Å². The zero-order chi connectivity index (χ0) is 28.0. The monoisotopic (exact) mass is 509 g/mol. The van der Waals surface area contributed by atoms with E-state index in [2.05, 4.69) is 10.6 Å². The molecule has 0 spiro atoms. The van der Waals surface area contributed by atoms with Gasteiger partial charge in [-0.15, -0.1) is 0 Å². The highest BCUT2D eigenvalue weighted by atomic mass is 16.6. The summed E-state index contributed by atoms with van der Waals surface area (Å²) in [5, 5.41) is 5.69. The zero-order valence-corrected chi connectivity index (χ0v) is 23.8. The van der Waals surface area contributed by atoms with Gasteiger partial charge in [-0.25, -0.2) is 4.79 Å². The SMILES string of the molecule is CCC(C)(C)N(C(=O)C(C)NC(=O)OC(C)(C)C)C(C(=O)NCc1ccccc1)c1ccc(C)cc1C. The molecule has 3 amide bonds. The van der Waals surface area contributed by atoms with Crippen LogP contribution in [0, 0.1) is 13.8 Å². The van der Waals surface area contributed by atoms with E-state index < -0.39 is 29.3 Å². The number of alkyl carbamates (subject to hydrolysis) is 1. The second-order valence-corrected chi connectivity index (χ2v) is 11.2. The van der Waals surface area contributed by atoms with Gasteiger partial charge in [0.15, 0.2) is 0 Å². The van der Waals surface area contributed by atoms with Gasteiger partial charge >= 0.3 is 6.09 Å². The summed E-state index contributed by atoms with van der Waals surface area (Å²) in [6.45, 7) is 17.0. The molecule has 2 unspecified atom stereocenters. The maximum absolute atomic E-state index is 14.0. The second-order valence-electron chi connectivity index (χ2n) is 11.2. The molecular formula is C30H43N3O4. The molecule has 7 nitrogen and oxygen atoms in total. The Balaban J connectivity index is 2.51. The lowest BCUT2D eigenvalue weighted by Gasteiger charge is -2.44. The summed E-state index contributed by atoms with van der Waals surface area (Å²) >= 11 is 0. The van der Waals surface area contributed by atoms with Gasteiger partial charge < -0.3 is 20.3 Å². The number of carbonyl (C=O) groups excluding carboxylic acids is 3. The van der Waals surface area contributed by atoms with Crippen LogP contribution in [0.2, 0.25) is 0 Å². The Morgan fingerprint density at radius 2 is 1.59 bits per heavy atom. The minimum Gasteiger partial charge on any atom is -0.444 e. The minimum absolute atomic E-state index is 0.282. The molecular weight excluding hydrogens is 466 g/mol. The quantitative estimate of drug-likeness (QED) is 0.461. The molecule has 0 aromatic heterocycles. The van der Waals surface area contributed by atoms with Crippen LogP contribution in [0.1, 0.15) is 83.2 Å². The molecule has 2 rings (SSSR count). The van der Waals surface area contributed by atoms with E-state index in [1.165, 1.54) is 0 Å². The van der Waals surface area contributed by atoms with Gasteiger partial charge in [-0.05, 0) is 78.5 Å². The van der Waals surface area contributed by atoms with Crippen LogP contribution >= 0.6 is 0 Å². The molecule has 0 saturated carbocycles. The fourth-order valence-corrected chi connectivity index (χ4v) is 4.11. The molecule has 0 saturated heterocycles. The van der Waals surface area contributed by atoms with Gasteiger partial charge in [-0.2, -0.15) is 0 Å².